The van der Waals surface area contributed by atoms with Crippen LogP contribution in [0.3, 0.4) is 0 Å². The van der Waals surface area contributed by atoms with Crippen LogP contribution in [0.4, 0.5) is 5.82 Å². The van der Waals surface area contributed by atoms with Crippen LogP contribution in [-0.2, 0) is 0 Å². The quantitative estimate of drug-likeness (QED) is 0.753. The number of hydrogen-bond acceptors (Lipinski definition) is 3. The van der Waals surface area contributed by atoms with E-state index in [4.69, 9.17) is 4.98 Å². The Balaban J connectivity index is 1.92. The topological polar surface area (TPSA) is 33.4 Å². The van der Waals surface area contributed by atoms with Gasteiger partial charge in [0, 0.05) is 24.8 Å². The first-order chi connectivity index (χ1) is 8.24. The standard InChI is InChI=1S/C13H18N4/c1-10-3-6-16(7-4-10)12-5-8-17-13(15-12)11(2)9-14-17/h5,8-10H,3-4,6-7H2,1-2H3. The van der Waals surface area contributed by atoms with Crippen molar-refractivity contribution in [2.75, 3.05) is 18.0 Å². The van der Waals surface area contributed by atoms with Gasteiger partial charge in [0.15, 0.2) is 5.65 Å². The molecule has 1 saturated heterocycles. The van der Waals surface area contributed by atoms with E-state index < -0.39 is 0 Å². The SMILES string of the molecule is Cc1cnn2ccc(N3CCC(C)CC3)nc12. The molecule has 4 nitrogen and oxygen atoms in total. The summed E-state index contributed by atoms with van der Waals surface area (Å²) in [5.41, 5.74) is 2.11. The second-order valence-electron chi connectivity index (χ2n) is 5.05. The molecule has 2 aromatic rings. The Morgan fingerprint density at radius 3 is 2.82 bits per heavy atom. The Kier molecular flexibility index (Phi) is 2.50. The molecule has 0 aromatic carbocycles. The fourth-order valence-corrected chi connectivity index (χ4v) is 2.39. The molecule has 0 radical (unpaired) electrons. The maximum atomic E-state index is 4.71. The van der Waals surface area contributed by atoms with Crippen molar-refractivity contribution >= 4 is 11.5 Å². The molecule has 1 aliphatic rings. The van der Waals surface area contributed by atoms with Gasteiger partial charge >= 0.3 is 0 Å². The van der Waals surface area contributed by atoms with Gasteiger partial charge in [-0.05, 0) is 31.7 Å². The molecule has 2 aromatic heterocycles. The zero-order valence-corrected chi connectivity index (χ0v) is 10.4. The third-order valence-corrected chi connectivity index (χ3v) is 3.64. The summed E-state index contributed by atoms with van der Waals surface area (Å²) in [5.74, 6) is 1.94. The van der Waals surface area contributed by atoms with Gasteiger partial charge in [-0.1, -0.05) is 6.92 Å². The van der Waals surface area contributed by atoms with E-state index in [-0.39, 0.29) is 0 Å². The van der Waals surface area contributed by atoms with E-state index in [1.54, 1.807) is 0 Å². The highest BCUT2D eigenvalue weighted by Gasteiger charge is 2.17. The summed E-state index contributed by atoms with van der Waals surface area (Å²) in [7, 11) is 0. The largest absolute Gasteiger partial charge is 0.356 e. The van der Waals surface area contributed by atoms with Crippen LogP contribution in [0.15, 0.2) is 18.5 Å². The number of rotatable bonds is 1. The number of hydrogen-bond donors (Lipinski definition) is 0. The Hall–Kier alpha value is -1.58. The van der Waals surface area contributed by atoms with Gasteiger partial charge in [-0.3, -0.25) is 0 Å². The number of fused-ring (bicyclic) bond motifs is 1. The van der Waals surface area contributed by atoms with Crippen LogP contribution >= 0.6 is 0 Å². The molecule has 0 spiro atoms. The Bertz CT molecular complexity index is 523. The summed E-state index contributed by atoms with van der Waals surface area (Å²) in [6, 6.07) is 2.06. The monoisotopic (exact) mass is 230 g/mol. The summed E-state index contributed by atoms with van der Waals surface area (Å²) in [6.07, 6.45) is 6.41. The van der Waals surface area contributed by atoms with Crippen LogP contribution in [0, 0.1) is 12.8 Å². The summed E-state index contributed by atoms with van der Waals surface area (Å²) < 4.78 is 1.84. The molecule has 90 valence electrons. The molecule has 1 aliphatic heterocycles. The summed E-state index contributed by atoms with van der Waals surface area (Å²) in [5, 5.41) is 4.25. The van der Waals surface area contributed by atoms with Gasteiger partial charge in [-0.15, -0.1) is 0 Å². The van der Waals surface area contributed by atoms with Crippen molar-refractivity contribution in [3.8, 4) is 0 Å². The van der Waals surface area contributed by atoms with Crippen molar-refractivity contribution in [3.63, 3.8) is 0 Å². The minimum Gasteiger partial charge on any atom is -0.356 e. The summed E-state index contributed by atoms with van der Waals surface area (Å²) >= 11 is 0. The van der Waals surface area contributed by atoms with E-state index >= 15 is 0 Å². The molecule has 1 fully saturated rings. The van der Waals surface area contributed by atoms with Crippen molar-refractivity contribution in [1.82, 2.24) is 14.6 Å². The van der Waals surface area contributed by atoms with Crippen LogP contribution in [0.2, 0.25) is 0 Å². The molecule has 3 rings (SSSR count). The number of piperidine rings is 1. The highest BCUT2D eigenvalue weighted by Crippen LogP contribution is 2.22. The Morgan fingerprint density at radius 1 is 1.29 bits per heavy atom. The van der Waals surface area contributed by atoms with E-state index in [0.717, 1.165) is 36.0 Å². The van der Waals surface area contributed by atoms with Gasteiger partial charge in [0.25, 0.3) is 0 Å². The predicted octanol–water partition coefficient (Wildman–Crippen LogP) is 2.27. The van der Waals surface area contributed by atoms with Crippen molar-refractivity contribution in [1.29, 1.82) is 0 Å². The second-order valence-corrected chi connectivity index (χ2v) is 5.05. The number of aryl methyl sites for hydroxylation is 1. The van der Waals surface area contributed by atoms with Gasteiger partial charge in [0.05, 0.1) is 6.20 Å². The fourth-order valence-electron chi connectivity index (χ4n) is 2.39. The lowest BCUT2D eigenvalue weighted by Gasteiger charge is -2.31. The summed E-state index contributed by atoms with van der Waals surface area (Å²) in [4.78, 5) is 7.09. The Morgan fingerprint density at radius 2 is 2.06 bits per heavy atom. The van der Waals surface area contributed by atoms with E-state index in [1.807, 2.05) is 16.9 Å². The molecule has 3 heterocycles. The molecule has 4 heteroatoms. The number of anilines is 1. The highest BCUT2D eigenvalue weighted by atomic mass is 15.3. The molecule has 0 bridgehead atoms. The average molecular weight is 230 g/mol. The minimum atomic E-state index is 0.853. The smallest absolute Gasteiger partial charge is 0.160 e. The van der Waals surface area contributed by atoms with Crippen LogP contribution < -0.4 is 4.90 Å². The third kappa shape index (κ3) is 1.88. The van der Waals surface area contributed by atoms with E-state index in [1.165, 1.54) is 12.8 Å². The molecule has 17 heavy (non-hydrogen) atoms. The van der Waals surface area contributed by atoms with E-state index in [2.05, 4.69) is 29.9 Å². The molecule has 0 aliphatic carbocycles. The zero-order valence-electron chi connectivity index (χ0n) is 10.4. The van der Waals surface area contributed by atoms with Crippen molar-refractivity contribution in [2.45, 2.75) is 26.7 Å². The van der Waals surface area contributed by atoms with Crippen LogP contribution in [0.25, 0.3) is 5.65 Å². The molecule has 0 atom stereocenters. The third-order valence-electron chi connectivity index (χ3n) is 3.64. The first-order valence-corrected chi connectivity index (χ1v) is 6.30. The zero-order chi connectivity index (χ0) is 11.8. The van der Waals surface area contributed by atoms with Crippen molar-refractivity contribution < 1.29 is 0 Å². The fraction of sp³-hybridized carbons (Fsp3) is 0.538. The molecular formula is C13H18N4. The van der Waals surface area contributed by atoms with Crippen LogP contribution in [0.5, 0.6) is 0 Å². The van der Waals surface area contributed by atoms with Crippen molar-refractivity contribution in [3.05, 3.63) is 24.0 Å². The first-order valence-electron chi connectivity index (χ1n) is 6.30. The maximum absolute atomic E-state index is 4.71. The average Bonchev–Trinajstić information content (AvgIpc) is 2.72. The van der Waals surface area contributed by atoms with Gasteiger partial charge in [-0.25, -0.2) is 9.50 Å². The van der Waals surface area contributed by atoms with Crippen LogP contribution in [-0.4, -0.2) is 27.7 Å². The molecule has 0 N–H and O–H groups in total. The number of aromatic nitrogens is 3. The van der Waals surface area contributed by atoms with E-state index in [0.29, 0.717) is 0 Å². The molecular weight excluding hydrogens is 212 g/mol. The highest BCUT2D eigenvalue weighted by molar-refractivity contribution is 5.52. The van der Waals surface area contributed by atoms with Gasteiger partial charge in [0.1, 0.15) is 5.82 Å². The molecule has 0 unspecified atom stereocenters. The predicted molar refractivity (Wildman–Crippen MR) is 68.3 cm³/mol. The molecule has 0 saturated carbocycles. The van der Waals surface area contributed by atoms with Crippen LogP contribution in [0.1, 0.15) is 25.3 Å². The number of nitrogens with zero attached hydrogens (tertiary/aromatic N) is 4. The lowest BCUT2D eigenvalue weighted by atomic mass is 9.99. The van der Waals surface area contributed by atoms with Gasteiger partial charge < -0.3 is 4.90 Å². The summed E-state index contributed by atoms with van der Waals surface area (Å²) in [6.45, 7) is 6.63. The van der Waals surface area contributed by atoms with E-state index in [9.17, 15) is 0 Å². The Labute approximate surface area is 101 Å². The maximum Gasteiger partial charge on any atom is 0.160 e. The minimum absolute atomic E-state index is 0.853. The van der Waals surface area contributed by atoms with Gasteiger partial charge in [0.2, 0.25) is 0 Å². The molecule has 0 amide bonds. The normalized spacial score (nSPS) is 17.9. The lowest BCUT2D eigenvalue weighted by molar-refractivity contribution is 0.436. The first kappa shape index (κ1) is 10.6. The van der Waals surface area contributed by atoms with Gasteiger partial charge in [-0.2, -0.15) is 5.10 Å². The lowest BCUT2D eigenvalue weighted by Crippen LogP contribution is -2.33. The second kappa shape index (κ2) is 4.02. The van der Waals surface area contributed by atoms with Crippen molar-refractivity contribution in [2.24, 2.45) is 5.92 Å².